The number of ether oxygens (including phenoxy) is 1. The Hall–Kier alpha value is -2.89. The lowest BCUT2D eigenvalue weighted by Crippen LogP contribution is -2.34. The van der Waals surface area contributed by atoms with E-state index < -0.39 is 18.0 Å². The molecule has 2 amide bonds. The van der Waals surface area contributed by atoms with Gasteiger partial charge < -0.3 is 10.1 Å². The summed E-state index contributed by atoms with van der Waals surface area (Å²) < 4.78 is 18.5. The predicted molar refractivity (Wildman–Crippen MR) is 87.5 cm³/mol. The van der Waals surface area contributed by atoms with Gasteiger partial charge in [-0.05, 0) is 37.3 Å². The van der Waals surface area contributed by atoms with Crippen LogP contribution in [-0.4, -0.2) is 31.2 Å². The third-order valence-electron chi connectivity index (χ3n) is 3.80. The van der Waals surface area contributed by atoms with Crippen molar-refractivity contribution in [1.29, 1.82) is 0 Å². The maximum absolute atomic E-state index is 13.3. The molecule has 0 bridgehead atoms. The minimum atomic E-state index is -0.546. The number of hydrogen-bond donors (Lipinski definition) is 1. The minimum Gasteiger partial charge on any atom is -0.442 e. The van der Waals surface area contributed by atoms with Crippen molar-refractivity contribution in [2.24, 2.45) is 0 Å². The summed E-state index contributed by atoms with van der Waals surface area (Å²) in [6.45, 7) is 2.40. The second-order valence-corrected chi connectivity index (χ2v) is 5.67. The number of carbonyl (C=O) groups excluding carboxylic acids is 2. The Kier molecular flexibility index (Phi) is 4.46. The van der Waals surface area contributed by atoms with E-state index in [1.807, 2.05) is 19.1 Å². The summed E-state index contributed by atoms with van der Waals surface area (Å²) in [5.74, 6) is -0.647. The van der Waals surface area contributed by atoms with Crippen molar-refractivity contribution in [1.82, 2.24) is 5.32 Å². The number of halogens is 1. The maximum atomic E-state index is 13.3. The summed E-state index contributed by atoms with van der Waals surface area (Å²) in [5, 5.41) is 2.75. The lowest BCUT2D eigenvalue weighted by atomic mass is 10.1. The number of rotatable bonds is 4. The first-order valence-corrected chi connectivity index (χ1v) is 7.61. The Morgan fingerprint density at radius 2 is 2.04 bits per heavy atom. The molecule has 0 saturated carbocycles. The van der Waals surface area contributed by atoms with Gasteiger partial charge in [-0.1, -0.05) is 23.8 Å². The molecule has 2 aromatic rings. The van der Waals surface area contributed by atoms with E-state index in [0.717, 1.165) is 5.56 Å². The third-order valence-corrected chi connectivity index (χ3v) is 3.80. The van der Waals surface area contributed by atoms with Crippen molar-refractivity contribution in [2.45, 2.75) is 13.0 Å². The van der Waals surface area contributed by atoms with Crippen LogP contribution in [-0.2, 0) is 4.74 Å². The van der Waals surface area contributed by atoms with Crippen LogP contribution >= 0.6 is 0 Å². The van der Waals surface area contributed by atoms with E-state index in [-0.39, 0.29) is 19.0 Å². The zero-order valence-electron chi connectivity index (χ0n) is 13.2. The molecule has 6 heteroatoms. The van der Waals surface area contributed by atoms with Crippen molar-refractivity contribution >= 4 is 17.7 Å². The molecule has 1 saturated heterocycles. The highest BCUT2D eigenvalue weighted by Crippen LogP contribution is 2.22. The zero-order valence-corrected chi connectivity index (χ0v) is 13.2. The number of anilines is 1. The molecule has 0 aromatic heterocycles. The number of nitrogens with zero attached hydrogens (tertiary/aromatic N) is 1. The normalized spacial score (nSPS) is 16.8. The molecule has 0 spiro atoms. The largest absolute Gasteiger partial charge is 0.442 e. The molecular formula is C18H17FN2O3. The molecule has 1 fully saturated rings. The van der Waals surface area contributed by atoms with Crippen LogP contribution < -0.4 is 10.2 Å². The van der Waals surface area contributed by atoms with E-state index in [4.69, 9.17) is 4.74 Å². The number of nitrogens with one attached hydrogen (secondary N) is 1. The smallest absolute Gasteiger partial charge is 0.414 e. The topological polar surface area (TPSA) is 58.6 Å². The lowest BCUT2D eigenvalue weighted by Gasteiger charge is -2.13. The maximum Gasteiger partial charge on any atom is 0.414 e. The van der Waals surface area contributed by atoms with Crippen LogP contribution in [0, 0.1) is 12.7 Å². The summed E-state index contributed by atoms with van der Waals surface area (Å²) >= 11 is 0. The van der Waals surface area contributed by atoms with Crippen LogP contribution in [0.2, 0.25) is 0 Å². The molecular weight excluding hydrogens is 311 g/mol. The standard InChI is InChI=1S/C18H17FN2O3/c1-12-5-7-13(8-6-12)17(22)20-10-16-11-21(18(23)24-16)15-4-2-3-14(19)9-15/h2-9,16H,10-11H2,1H3,(H,20,22). The molecule has 1 aliphatic heterocycles. The van der Waals surface area contributed by atoms with Gasteiger partial charge in [-0.25, -0.2) is 9.18 Å². The first kappa shape index (κ1) is 16.0. The summed E-state index contributed by atoms with van der Waals surface area (Å²) in [5.41, 5.74) is 2.06. The van der Waals surface area contributed by atoms with Gasteiger partial charge in [-0.3, -0.25) is 9.69 Å². The molecule has 2 aromatic carbocycles. The number of cyclic esters (lactones) is 1. The van der Waals surface area contributed by atoms with Gasteiger partial charge in [0.15, 0.2) is 0 Å². The van der Waals surface area contributed by atoms with E-state index in [9.17, 15) is 14.0 Å². The van der Waals surface area contributed by atoms with E-state index in [2.05, 4.69) is 5.32 Å². The van der Waals surface area contributed by atoms with Crippen LogP contribution in [0.25, 0.3) is 0 Å². The van der Waals surface area contributed by atoms with E-state index in [1.165, 1.54) is 23.1 Å². The first-order chi connectivity index (χ1) is 11.5. The highest BCUT2D eigenvalue weighted by molar-refractivity contribution is 5.94. The van der Waals surface area contributed by atoms with Gasteiger partial charge in [0.2, 0.25) is 0 Å². The van der Waals surface area contributed by atoms with E-state index in [1.54, 1.807) is 18.2 Å². The van der Waals surface area contributed by atoms with Crippen molar-refractivity contribution in [3.8, 4) is 0 Å². The summed E-state index contributed by atoms with van der Waals surface area (Å²) in [4.78, 5) is 25.3. The van der Waals surface area contributed by atoms with Gasteiger partial charge in [-0.15, -0.1) is 0 Å². The molecule has 5 nitrogen and oxygen atoms in total. The molecule has 1 heterocycles. The summed E-state index contributed by atoms with van der Waals surface area (Å²) in [6.07, 6.45) is -1.02. The van der Waals surface area contributed by atoms with Crippen LogP contribution in [0.1, 0.15) is 15.9 Å². The molecule has 1 aliphatic rings. The number of carbonyl (C=O) groups is 2. The first-order valence-electron chi connectivity index (χ1n) is 7.61. The molecule has 1 N–H and O–H groups in total. The number of benzene rings is 2. The van der Waals surface area contributed by atoms with Gasteiger partial charge >= 0.3 is 6.09 Å². The van der Waals surface area contributed by atoms with Crippen molar-refractivity contribution < 1.29 is 18.7 Å². The van der Waals surface area contributed by atoms with Crippen LogP contribution in [0.4, 0.5) is 14.9 Å². The van der Waals surface area contributed by atoms with Crippen molar-refractivity contribution in [3.63, 3.8) is 0 Å². The van der Waals surface area contributed by atoms with E-state index >= 15 is 0 Å². The van der Waals surface area contributed by atoms with Gasteiger partial charge in [0.1, 0.15) is 11.9 Å². The Bertz CT molecular complexity index is 761. The average Bonchev–Trinajstić information content (AvgIpc) is 2.94. The minimum absolute atomic E-state index is 0.199. The monoisotopic (exact) mass is 328 g/mol. The quantitative estimate of drug-likeness (QED) is 0.939. The number of aryl methyl sites for hydroxylation is 1. The summed E-state index contributed by atoms with van der Waals surface area (Å²) in [7, 11) is 0. The lowest BCUT2D eigenvalue weighted by molar-refractivity contribution is 0.0916. The molecule has 0 radical (unpaired) electrons. The molecule has 1 atom stereocenters. The highest BCUT2D eigenvalue weighted by Gasteiger charge is 2.32. The molecule has 24 heavy (non-hydrogen) atoms. The molecule has 3 rings (SSSR count). The van der Waals surface area contributed by atoms with Crippen LogP contribution in [0.3, 0.4) is 0 Å². The van der Waals surface area contributed by atoms with Gasteiger partial charge in [0, 0.05) is 5.56 Å². The Balaban J connectivity index is 1.58. The molecule has 0 aliphatic carbocycles. The second kappa shape index (κ2) is 6.70. The second-order valence-electron chi connectivity index (χ2n) is 5.67. The number of amides is 2. The fourth-order valence-electron chi connectivity index (χ4n) is 2.50. The fourth-order valence-corrected chi connectivity index (χ4v) is 2.50. The third kappa shape index (κ3) is 3.53. The Labute approximate surface area is 139 Å². The highest BCUT2D eigenvalue weighted by atomic mass is 19.1. The fraction of sp³-hybridized carbons (Fsp3) is 0.222. The van der Waals surface area contributed by atoms with E-state index in [0.29, 0.717) is 11.3 Å². The Morgan fingerprint density at radius 3 is 2.75 bits per heavy atom. The Morgan fingerprint density at radius 1 is 1.29 bits per heavy atom. The predicted octanol–water partition coefficient (Wildman–Crippen LogP) is 2.89. The van der Waals surface area contributed by atoms with Crippen LogP contribution in [0.5, 0.6) is 0 Å². The van der Waals surface area contributed by atoms with Gasteiger partial charge in [0.25, 0.3) is 5.91 Å². The van der Waals surface area contributed by atoms with Crippen LogP contribution in [0.15, 0.2) is 48.5 Å². The van der Waals surface area contributed by atoms with Crippen molar-refractivity contribution in [3.05, 3.63) is 65.5 Å². The molecule has 124 valence electrons. The number of hydrogen-bond acceptors (Lipinski definition) is 3. The van der Waals surface area contributed by atoms with Gasteiger partial charge in [0.05, 0.1) is 18.8 Å². The van der Waals surface area contributed by atoms with Crippen molar-refractivity contribution in [2.75, 3.05) is 18.0 Å². The zero-order chi connectivity index (χ0) is 17.1. The SMILES string of the molecule is Cc1ccc(C(=O)NCC2CN(c3cccc(F)c3)C(=O)O2)cc1. The average molecular weight is 328 g/mol. The summed E-state index contributed by atoms with van der Waals surface area (Å²) in [6, 6.07) is 12.9. The molecule has 1 unspecified atom stereocenters. The van der Waals surface area contributed by atoms with Gasteiger partial charge in [-0.2, -0.15) is 0 Å².